The maximum absolute atomic E-state index is 14.0. The van der Waals surface area contributed by atoms with E-state index in [2.05, 4.69) is 6.07 Å². The lowest BCUT2D eigenvalue weighted by molar-refractivity contribution is 0.240. The average molecular weight is 302 g/mol. The van der Waals surface area contributed by atoms with E-state index in [4.69, 9.17) is 16.3 Å². The zero-order valence-electron chi connectivity index (χ0n) is 11.3. The molecule has 3 rings (SSSR count). The fourth-order valence-corrected chi connectivity index (χ4v) is 3.00. The Labute approximate surface area is 127 Å². The molecule has 0 bridgehead atoms. The lowest BCUT2D eigenvalue weighted by Crippen LogP contribution is -2.34. The Morgan fingerprint density at radius 3 is 2.90 bits per heavy atom. The molecule has 106 valence electrons. The Kier molecular flexibility index (Phi) is 3.57. The van der Waals surface area contributed by atoms with Crippen LogP contribution < -0.4 is 4.74 Å². The number of halogens is 2. The van der Waals surface area contributed by atoms with Crippen LogP contribution in [0.15, 0.2) is 42.5 Å². The first-order valence-corrected chi connectivity index (χ1v) is 7.10. The number of para-hydroxylation sites is 1. The van der Waals surface area contributed by atoms with Gasteiger partial charge in [-0.05, 0) is 36.2 Å². The quantitative estimate of drug-likeness (QED) is 0.830. The van der Waals surface area contributed by atoms with Crippen LogP contribution in [0.5, 0.6) is 5.75 Å². The van der Waals surface area contributed by atoms with Gasteiger partial charge >= 0.3 is 0 Å². The minimum Gasteiger partial charge on any atom is -0.493 e. The number of hydrogen-bond acceptors (Lipinski definition) is 2. The lowest BCUT2D eigenvalue weighted by Gasteiger charge is -2.33. The van der Waals surface area contributed by atoms with Gasteiger partial charge in [-0.3, -0.25) is 0 Å². The van der Waals surface area contributed by atoms with Crippen LogP contribution in [0.1, 0.15) is 17.5 Å². The van der Waals surface area contributed by atoms with Crippen LogP contribution in [-0.4, -0.2) is 6.61 Å². The van der Waals surface area contributed by atoms with Crippen molar-refractivity contribution >= 4 is 11.6 Å². The Morgan fingerprint density at radius 1 is 1.29 bits per heavy atom. The van der Waals surface area contributed by atoms with Gasteiger partial charge in [-0.25, -0.2) is 4.39 Å². The highest BCUT2D eigenvalue weighted by Gasteiger charge is 2.38. The maximum atomic E-state index is 14.0. The summed E-state index contributed by atoms with van der Waals surface area (Å²) in [5.41, 5.74) is 0.499. The molecule has 1 unspecified atom stereocenters. The van der Waals surface area contributed by atoms with Gasteiger partial charge in [-0.15, -0.1) is 0 Å². The van der Waals surface area contributed by atoms with Crippen molar-refractivity contribution in [3.63, 3.8) is 0 Å². The number of ether oxygens (including phenoxy) is 1. The normalized spacial score (nSPS) is 20.2. The van der Waals surface area contributed by atoms with E-state index in [0.717, 1.165) is 5.56 Å². The molecule has 0 saturated carbocycles. The summed E-state index contributed by atoms with van der Waals surface area (Å²) in [6, 6.07) is 14.3. The minimum atomic E-state index is -0.777. The van der Waals surface area contributed by atoms with Gasteiger partial charge in [0, 0.05) is 17.0 Å². The molecule has 2 nitrogen and oxygen atoms in total. The SMILES string of the molecule is N#CC1(Cc2cc(Cl)ccc2F)CCOc2ccccc21. The molecule has 0 aliphatic carbocycles. The smallest absolute Gasteiger partial charge is 0.126 e. The van der Waals surface area contributed by atoms with Gasteiger partial charge in [-0.2, -0.15) is 5.26 Å². The Bertz CT molecular complexity index is 725. The van der Waals surface area contributed by atoms with E-state index < -0.39 is 5.41 Å². The molecule has 0 N–H and O–H groups in total. The second-order valence-corrected chi connectivity index (χ2v) is 5.64. The van der Waals surface area contributed by atoms with E-state index in [-0.39, 0.29) is 12.2 Å². The molecule has 0 radical (unpaired) electrons. The van der Waals surface area contributed by atoms with Crippen molar-refractivity contribution in [3.8, 4) is 11.8 Å². The molecule has 2 aromatic carbocycles. The van der Waals surface area contributed by atoms with Crippen molar-refractivity contribution in [1.29, 1.82) is 5.26 Å². The molecule has 0 spiro atoms. The standard InChI is InChI=1S/C17H13ClFNO/c18-13-5-6-15(19)12(9-13)10-17(11-20)7-8-21-16-4-2-1-3-14(16)17/h1-6,9H,7-8,10H2. The number of nitriles is 1. The average Bonchev–Trinajstić information content (AvgIpc) is 2.51. The highest BCUT2D eigenvalue weighted by atomic mass is 35.5. The summed E-state index contributed by atoms with van der Waals surface area (Å²) < 4.78 is 19.6. The molecule has 1 aliphatic heterocycles. The van der Waals surface area contributed by atoms with E-state index in [1.807, 2.05) is 24.3 Å². The fraction of sp³-hybridized carbons (Fsp3) is 0.235. The highest BCUT2D eigenvalue weighted by molar-refractivity contribution is 6.30. The molecule has 1 aliphatic rings. The summed E-state index contributed by atoms with van der Waals surface area (Å²) in [5, 5.41) is 10.2. The van der Waals surface area contributed by atoms with Gasteiger partial charge in [-0.1, -0.05) is 29.8 Å². The van der Waals surface area contributed by atoms with Gasteiger partial charge in [0.25, 0.3) is 0 Å². The summed E-state index contributed by atoms with van der Waals surface area (Å²) in [6.07, 6.45) is 0.822. The summed E-state index contributed by atoms with van der Waals surface area (Å²) in [7, 11) is 0. The van der Waals surface area contributed by atoms with Gasteiger partial charge in [0.2, 0.25) is 0 Å². The zero-order valence-corrected chi connectivity index (χ0v) is 12.0. The monoisotopic (exact) mass is 301 g/mol. The van der Waals surface area contributed by atoms with Crippen molar-refractivity contribution in [1.82, 2.24) is 0 Å². The number of nitrogens with zero attached hydrogens (tertiary/aromatic N) is 1. The molecule has 2 aromatic rings. The molecule has 0 aromatic heterocycles. The first kappa shape index (κ1) is 13.9. The van der Waals surface area contributed by atoms with Crippen molar-refractivity contribution in [2.75, 3.05) is 6.61 Å². The lowest BCUT2D eigenvalue weighted by atomic mass is 9.73. The van der Waals surface area contributed by atoms with E-state index in [0.29, 0.717) is 29.4 Å². The largest absolute Gasteiger partial charge is 0.493 e. The third-order valence-electron chi connectivity index (χ3n) is 3.90. The predicted molar refractivity (Wildman–Crippen MR) is 79.0 cm³/mol. The van der Waals surface area contributed by atoms with Crippen LogP contribution in [0.3, 0.4) is 0 Å². The van der Waals surface area contributed by atoms with Crippen LogP contribution in [-0.2, 0) is 11.8 Å². The third kappa shape index (κ3) is 2.48. The fourth-order valence-electron chi connectivity index (χ4n) is 2.80. The van der Waals surface area contributed by atoms with Gasteiger partial charge in [0.15, 0.2) is 0 Å². The number of fused-ring (bicyclic) bond motifs is 1. The van der Waals surface area contributed by atoms with Gasteiger partial charge in [0.1, 0.15) is 11.6 Å². The molecule has 21 heavy (non-hydrogen) atoms. The second-order valence-electron chi connectivity index (χ2n) is 5.20. The summed E-state index contributed by atoms with van der Waals surface area (Å²) >= 11 is 5.95. The summed E-state index contributed by atoms with van der Waals surface area (Å²) in [5.74, 6) is 0.366. The Balaban J connectivity index is 2.07. The number of benzene rings is 2. The summed E-state index contributed by atoms with van der Waals surface area (Å²) in [6.45, 7) is 0.451. The Morgan fingerprint density at radius 2 is 2.10 bits per heavy atom. The third-order valence-corrected chi connectivity index (χ3v) is 4.14. The number of hydrogen-bond donors (Lipinski definition) is 0. The molecule has 0 saturated heterocycles. The van der Waals surface area contributed by atoms with Gasteiger partial charge < -0.3 is 4.74 Å². The number of rotatable bonds is 2. The minimum absolute atomic E-state index is 0.288. The van der Waals surface area contributed by atoms with E-state index in [1.165, 1.54) is 12.1 Å². The van der Waals surface area contributed by atoms with Crippen molar-refractivity contribution < 1.29 is 9.13 Å². The summed E-state index contributed by atoms with van der Waals surface area (Å²) in [4.78, 5) is 0. The second kappa shape index (κ2) is 5.38. The van der Waals surface area contributed by atoms with Crippen LogP contribution in [0.4, 0.5) is 4.39 Å². The first-order valence-electron chi connectivity index (χ1n) is 6.72. The predicted octanol–water partition coefficient (Wildman–Crippen LogP) is 4.27. The van der Waals surface area contributed by atoms with Crippen molar-refractivity contribution in [3.05, 3.63) is 64.4 Å². The van der Waals surface area contributed by atoms with E-state index >= 15 is 0 Å². The molecule has 0 amide bonds. The van der Waals surface area contributed by atoms with Gasteiger partial charge in [0.05, 0.1) is 18.1 Å². The van der Waals surface area contributed by atoms with Crippen molar-refractivity contribution in [2.45, 2.75) is 18.3 Å². The van der Waals surface area contributed by atoms with E-state index in [9.17, 15) is 9.65 Å². The van der Waals surface area contributed by atoms with Crippen LogP contribution >= 0.6 is 11.6 Å². The maximum Gasteiger partial charge on any atom is 0.126 e. The van der Waals surface area contributed by atoms with E-state index in [1.54, 1.807) is 6.07 Å². The van der Waals surface area contributed by atoms with Crippen molar-refractivity contribution in [2.24, 2.45) is 0 Å². The van der Waals surface area contributed by atoms with Crippen LogP contribution in [0.25, 0.3) is 0 Å². The molecule has 4 heteroatoms. The molecule has 1 heterocycles. The van der Waals surface area contributed by atoms with Crippen LogP contribution in [0, 0.1) is 17.1 Å². The first-order chi connectivity index (χ1) is 10.1. The molecule has 0 fully saturated rings. The molecular weight excluding hydrogens is 289 g/mol. The molecule has 1 atom stereocenters. The molecular formula is C17H13ClFNO. The van der Waals surface area contributed by atoms with Crippen LogP contribution in [0.2, 0.25) is 5.02 Å². The zero-order chi connectivity index (χ0) is 14.9. The topological polar surface area (TPSA) is 33.0 Å². The Hall–Kier alpha value is -2.05. The highest BCUT2D eigenvalue weighted by Crippen LogP contribution is 2.41.